The smallest absolute Gasteiger partial charge is 0.252 e. The maximum atomic E-state index is 13.6. The van der Waals surface area contributed by atoms with Crippen LogP contribution in [0, 0.1) is 12.8 Å². The summed E-state index contributed by atoms with van der Waals surface area (Å²) in [7, 11) is 0.329. The lowest BCUT2D eigenvalue weighted by atomic mass is 9.96. The third-order valence-electron chi connectivity index (χ3n) is 5.85. The monoisotopic (exact) mass is 596 g/mol. The second-order valence-corrected chi connectivity index (χ2v) is 13.9. The summed E-state index contributed by atoms with van der Waals surface area (Å²) < 4.78 is 28.9. The lowest BCUT2D eigenvalue weighted by Gasteiger charge is -2.33. The molecule has 3 aromatic rings. The van der Waals surface area contributed by atoms with E-state index in [2.05, 4.69) is 0 Å². The number of fused-ring (bicyclic) bond motifs is 1. The number of aryl methyl sites for hydroxylation is 1. The molecule has 192 valence electrons. The summed E-state index contributed by atoms with van der Waals surface area (Å²) >= 11 is 14.7. The number of likely N-dealkylation sites (N-methyl/N-ethyl adjacent to an activating group) is 1. The average Bonchev–Trinajstić information content (AvgIpc) is 3.40. The number of thiazole rings is 1. The zero-order valence-corrected chi connectivity index (χ0v) is 24.3. The van der Waals surface area contributed by atoms with Crippen molar-refractivity contribution in [2.24, 2.45) is 5.92 Å². The second-order valence-electron chi connectivity index (χ2n) is 8.60. The van der Waals surface area contributed by atoms with Crippen LogP contribution in [-0.4, -0.2) is 68.8 Å². The Morgan fingerprint density at radius 3 is 2.43 bits per heavy atom. The fourth-order valence-corrected chi connectivity index (χ4v) is 8.54. The van der Waals surface area contributed by atoms with Crippen LogP contribution in [0.4, 0.5) is 5.13 Å². The number of carbonyl (C=O) groups excluding carboxylic acids is 1. The number of thiophene rings is 1. The van der Waals surface area contributed by atoms with Gasteiger partial charge in [-0.2, -0.15) is 4.31 Å². The highest BCUT2D eigenvalue weighted by molar-refractivity contribution is 7.91. The molecule has 7 nitrogen and oxygen atoms in total. The van der Waals surface area contributed by atoms with Gasteiger partial charge in [0.1, 0.15) is 4.21 Å². The van der Waals surface area contributed by atoms with E-state index < -0.39 is 10.0 Å². The third-order valence-corrected chi connectivity index (χ3v) is 10.7. The van der Waals surface area contributed by atoms with Gasteiger partial charge in [0, 0.05) is 37.1 Å². The summed E-state index contributed by atoms with van der Waals surface area (Å²) in [6.45, 7) is 3.74. The fourth-order valence-electron chi connectivity index (χ4n) is 3.99. The molecule has 1 aliphatic rings. The Morgan fingerprint density at radius 2 is 1.83 bits per heavy atom. The van der Waals surface area contributed by atoms with Crippen LogP contribution in [0.2, 0.25) is 9.36 Å². The molecule has 2 aromatic heterocycles. The fraction of sp³-hybridized carbons (Fsp3) is 0.455. The maximum absolute atomic E-state index is 13.6. The van der Waals surface area contributed by atoms with Crippen molar-refractivity contribution in [3.8, 4) is 0 Å². The van der Waals surface area contributed by atoms with E-state index in [0.717, 1.165) is 27.1 Å². The SMILES string of the molecule is Cc1cc(Cl)cc2sc(N(CCN(C)C)C(=O)C3CCN(S(=O)(=O)c4ccc(Cl)s4)CC3)nc12.Cl. The largest absolute Gasteiger partial charge is 0.308 e. The highest BCUT2D eigenvalue weighted by atomic mass is 35.5. The Hall–Kier alpha value is -0.980. The summed E-state index contributed by atoms with van der Waals surface area (Å²) in [5.41, 5.74) is 1.82. The molecule has 1 aromatic carbocycles. The number of sulfonamides is 1. The van der Waals surface area contributed by atoms with E-state index in [-0.39, 0.29) is 28.4 Å². The lowest BCUT2D eigenvalue weighted by molar-refractivity contribution is -0.123. The van der Waals surface area contributed by atoms with Gasteiger partial charge in [-0.15, -0.1) is 23.7 Å². The Kier molecular flexibility index (Phi) is 9.48. The van der Waals surface area contributed by atoms with Gasteiger partial charge in [0.05, 0.1) is 14.6 Å². The predicted octanol–water partition coefficient (Wildman–Crippen LogP) is 5.39. The first-order valence-corrected chi connectivity index (χ1v) is 14.7. The summed E-state index contributed by atoms with van der Waals surface area (Å²) in [6, 6.07) is 6.87. The molecular formula is C22H27Cl3N4O3S3. The number of piperidine rings is 1. The number of nitrogens with zero attached hydrogens (tertiary/aromatic N) is 4. The molecule has 1 fully saturated rings. The standard InChI is InChI=1S/C22H26Cl2N4O3S3.ClH/c1-14-12-16(23)13-17-20(14)25-22(32-17)28(11-10-26(2)3)21(29)15-6-8-27(9-7-15)34(30,31)19-5-4-18(24)33-19;/h4-5,12-13,15H,6-11H2,1-3H3;1H. The minimum Gasteiger partial charge on any atom is -0.308 e. The van der Waals surface area contributed by atoms with E-state index in [1.54, 1.807) is 11.0 Å². The third kappa shape index (κ3) is 6.30. The Balaban J connectivity index is 0.00000342. The van der Waals surface area contributed by atoms with Gasteiger partial charge < -0.3 is 4.90 Å². The van der Waals surface area contributed by atoms with Crippen LogP contribution in [0.3, 0.4) is 0 Å². The number of benzene rings is 1. The zero-order valence-electron chi connectivity index (χ0n) is 19.5. The van der Waals surface area contributed by atoms with Crippen LogP contribution in [-0.2, 0) is 14.8 Å². The van der Waals surface area contributed by atoms with Crippen molar-refractivity contribution < 1.29 is 13.2 Å². The number of hydrogen-bond donors (Lipinski definition) is 0. The van der Waals surface area contributed by atoms with E-state index in [1.807, 2.05) is 38.1 Å². The number of amides is 1. The van der Waals surface area contributed by atoms with Crippen LogP contribution in [0.5, 0.6) is 0 Å². The maximum Gasteiger partial charge on any atom is 0.252 e. The lowest BCUT2D eigenvalue weighted by Crippen LogP contribution is -2.45. The average molecular weight is 598 g/mol. The van der Waals surface area contributed by atoms with E-state index >= 15 is 0 Å². The van der Waals surface area contributed by atoms with Crippen molar-refractivity contribution in [1.82, 2.24) is 14.2 Å². The zero-order chi connectivity index (χ0) is 24.6. The number of carbonyl (C=O) groups is 1. The molecule has 4 rings (SSSR count). The van der Waals surface area contributed by atoms with Crippen molar-refractivity contribution in [3.63, 3.8) is 0 Å². The van der Waals surface area contributed by atoms with Gasteiger partial charge in [-0.25, -0.2) is 13.4 Å². The Morgan fingerprint density at radius 1 is 1.14 bits per heavy atom. The minimum absolute atomic E-state index is 0. The summed E-state index contributed by atoms with van der Waals surface area (Å²) in [4.78, 5) is 22.2. The molecule has 1 saturated heterocycles. The van der Waals surface area contributed by atoms with Crippen LogP contribution in [0.1, 0.15) is 18.4 Å². The molecule has 3 heterocycles. The van der Waals surface area contributed by atoms with Gasteiger partial charge in [0.15, 0.2) is 5.13 Å². The van der Waals surface area contributed by atoms with Crippen molar-refractivity contribution in [2.75, 3.05) is 45.2 Å². The number of rotatable bonds is 7. The van der Waals surface area contributed by atoms with E-state index in [9.17, 15) is 13.2 Å². The molecular weight excluding hydrogens is 571 g/mol. The first kappa shape index (κ1) is 28.6. The van der Waals surface area contributed by atoms with Crippen molar-refractivity contribution in [1.29, 1.82) is 0 Å². The quantitative estimate of drug-likeness (QED) is 0.365. The molecule has 0 atom stereocenters. The van der Waals surface area contributed by atoms with Crippen LogP contribution in [0.25, 0.3) is 10.2 Å². The molecule has 1 aliphatic heterocycles. The molecule has 0 N–H and O–H groups in total. The van der Waals surface area contributed by atoms with Gasteiger partial charge in [0.25, 0.3) is 10.0 Å². The molecule has 0 saturated carbocycles. The van der Waals surface area contributed by atoms with Crippen LogP contribution in [0.15, 0.2) is 28.5 Å². The molecule has 1 amide bonds. The van der Waals surface area contributed by atoms with Gasteiger partial charge >= 0.3 is 0 Å². The number of halogens is 3. The Labute approximate surface area is 230 Å². The van der Waals surface area contributed by atoms with E-state index in [1.165, 1.54) is 21.7 Å². The van der Waals surface area contributed by atoms with Crippen molar-refractivity contribution in [3.05, 3.63) is 39.2 Å². The topological polar surface area (TPSA) is 73.8 Å². The second kappa shape index (κ2) is 11.6. The normalized spacial score (nSPS) is 15.5. The molecule has 0 radical (unpaired) electrons. The highest BCUT2D eigenvalue weighted by Crippen LogP contribution is 2.35. The molecule has 35 heavy (non-hydrogen) atoms. The van der Waals surface area contributed by atoms with Gasteiger partial charge in [-0.1, -0.05) is 34.5 Å². The summed E-state index contributed by atoms with van der Waals surface area (Å²) in [5, 5.41) is 1.29. The highest BCUT2D eigenvalue weighted by Gasteiger charge is 2.35. The van der Waals surface area contributed by atoms with E-state index in [0.29, 0.717) is 53.5 Å². The number of hydrogen-bond acceptors (Lipinski definition) is 7. The van der Waals surface area contributed by atoms with Gasteiger partial charge in [-0.05, 0) is 63.7 Å². The van der Waals surface area contributed by atoms with Crippen LogP contribution >= 0.6 is 58.3 Å². The van der Waals surface area contributed by atoms with Gasteiger partial charge in [-0.3, -0.25) is 9.69 Å². The molecule has 13 heteroatoms. The van der Waals surface area contributed by atoms with Gasteiger partial charge in [0.2, 0.25) is 5.91 Å². The predicted molar refractivity (Wildman–Crippen MR) is 148 cm³/mol. The summed E-state index contributed by atoms with van der Waals surface area (Å²) in [5.74, 6) is -0.280. The Bertz CT molecular complexity index is 1300. The first-order valence-electron chi connectivity index (χ1n) is 10.8. The molecule has 0 unspecified atom stereocenters. The number of aromatic nitrogens is 1. The molecule has 0 aliphatic carbocycles. The molecule has 0 bridgehead atoms. The minimum atomic E-state index is -3.60. The first-order chi connectivity index (χ1) is 16.1. The molecule has 0 spiro atoms. The van der Waals surface area contributed by atoms with E-state index in [4.69, 9.17) is 28.2 Å². The van der Waals surface area contributed by atoms with Crippen molar-refractivity contribution in [2.45, 2.75) is 24.0 Å². The number of anilines is 1. The van der Waals surface area contributed by atoms with Crippen LogP contribution < -0.4 is 4.90 Å². The summed E-state index contributed by atoms with van der Waals surface area (Å²) in [6.07, 6.45) is 0.927. The van der Waals surface area contributed by atoms with Crippen molar-refractivity contribution >= 4 is 89.6 Å².